The first-order valence-corrected chi connectivity index (χ1v) is 10.3. The van der Waals surface area contributed by atoms with Crippen LogP contribution in [0.1, 0.15) is 16.1 Å². The predicted molar refractivity (Wildman–Crippen MR) is 115 cm³/mol. The third-order valence-electron chi connectivity index (χ3n) is 5.23. The number of quaternary nitrogens is 1. The summed E-state index contributed by atoms with van der Waals surface area (Å²) in [4.78, 5) is 17.2. The number of anilines is 1. The van der Waals surface area contributed by atoms with Crippen molar-refractivity contribution < 1.29 is 20.0 Å². The molecule has 2 aromatic carbocycles. The molecule has 0 atom stereocenters. The van der Waals surface area contributed by atoms with Gasteiger partial charge in [-0.1, -0.05) is 46.6 Å². The summed E-state index contributed by atoms with van der Waals surface area (Å²) in [5.74, 6) is 0.343. The molecular formula is C21H21Cl2N4O3+. The second-order valence-electron chi connectivity index (χ2n) is 7.06. The Morgan fingerprint density at radius 3 is 2.50 bits per heavy atom. The fourth-order valence-corrected chi connectivity index (χ4v) is 4.16. The maximum Gasteiger partial charge on any atom is 0.259 e. The van der Waals surface area contributed by atoms with E-state index in [1.165, 1.54) is 0 Å². The fourth-order valence-electron chi connectivity index (χ4n) is 3.63. The molecule has 0 radical (unpaired) electrons. The van der Waals surface area contributed by atoms with Crippen LogP contribution in [0.4, 0.5) is 11.4 Å². The molecule has 9 heteroatoms. The van der Waals surface area contributed by atoms with Crippen molar-refractivity contribution in [2.45, 2.75) is 6.92 Å². The van der Waals surface area contributed by atoms with Crippen molar-refractivity contribution in [1.29, 1.82) is 0 Å². The molecule has 30 heavy (non-hydrogen) atoms. The molecule has 3 aromatic rings. The Balaban J connectivity index is 1.52. The smallest absolute Gasteiger partial charge is 0.259 e. The molecular weight excluding hydrogens is 427 g/mol. The number of benzene rings is 2. The molecule has 7 nitrogen and oxygen atoms in total. The summed E-state index contributed by atoms with van der Waals surface area (Å²) < 4.78 is 5.34. The second-order valence-corrected chi connectivity index (χ2v) is 7.88. The van der Waals surface area contributed by atoms with Crippen LogP contribution in [0.5, 0.6) is 0 Å². The van der Waals surface area contributed by atoms with Crippen molar-refractivity contribution in [3.63, 3.8) is 0 Å². The molecule has 4 rings (SSSR count). The van der Waals surface area contributed by atoms with Crippen LogP contribution in [0, 0.1) is 6.92 Å². The van der Waals surface area contributed by atoms with Crippen LogP contribution in [-0.2, 0) is 0 Å². The van der Waals surface area contributed by atoms with E-state index in [0.717, 1.165) is 11.2 Å². The van der Waals surface area contributed by atoms with Crippen LogP contribution >= 0.6 is 23.2 Å². The molecule has 0 saturated carbocycles. The van der Waals surface area contributed by atoms with Crippen molar-refractivity contribution >= 4 is 40.5 Å². The van der Waals surface area contributed by atoms with E-state index in [1.807, 2.05) is 24.3 Å². The average Bonchev–Trinajstić information content (AvgIpc) is 3.14. The van der Waals surface area contributed by atoms with Gasteiger partial charge in [-0.3, -0.25) is 4.79 Å². The molecule has 1 aliphatic heterocycles. The van der Waals surface area contributed by atoms with E-state index < -0.39 is 0 Å². The van der Waals surface area contributed by atoms with Gasteiger partial charge in [-0.25, -0.2) is 5.21 Å². The zero-order valence-corrected chi connectivity index (χ0v) is 17.8. The summed E-state index contributed by atoms with van der Waals surface area (Å²) in [7, 11) is 0. The van der Waals surface area contributed by atoms with Crippen molar-refractivity contribution in [3.8, 4) is 11.3 Å². The summed E-state index contributed by atoms with van der Waals surface area (Å²) in [5, 5.41) is 14.3. The number of amides is 1. The van der Waals surface area contributed by atoms with Gasteiger partial charge in [0.05, 0.1) is 15.7 Å². The third-order valence-corrected chi connectivity index (χ3v) is 5.87. The number of rotatable bonds is 4. The van der Waals surface area contributed by atoms with Gasteiger partial charge in [0, 0.05) is 43.9 Å². The van der Waals surface area contributed by atoms with E-state index in [-0.39, 0.29) is 5.91 Å². The van der Waals surface area contributed by atoms with Gasteiger partial charge in [-0.15, -0.1) is 0 Å². The van der Waals surface area contributed by atoms with Crippen molar-refractivity contribution in [1.82, 2.24) is 10.1 Å². The number of hydrogen-bond acceptors (Lipinski definition) is 5. The lowest BCUT2D eigenvalue weighted by Crippen LogP contribution is -2.73. The zero-order chi connectivity index (χ0) is 21.3. The van der Waals surface area contributed by atoms with E-state index in [1.54, 1.807) is 30.0 Å². The normalized spacial score (nSPS) is 14.3. The number of aryl methyl sites for hydroxylation is 1. The summed E-state index contributed by atoms with van der Waals surface area (Å²) in [5.41, 5.74) is 4.12. The van der Waals surface area contributed by atoms with Crippen molar-refractivity contribution in [2.24, 2.45) is 0 Å². The summed E-state index contributed by atoms with van der Waals surface area (Å²) in [6.07, 6.45) is 0. The lowest BCUT2D eigenvalue weighted by molar-refractivity contribution is -0.825. The zero-order valence-electron chi connectivity index (χ0n) is 16.3. The van der Waals surface area contributed by atoms with Gasteiger partial charge in [0.25, 0.3) is 5.91 Å². The molecule has 1 saturated heterocycles. The second kappa shape index (κ2) is 8.65. The number of aromatic nitrogens is 1. The minimum Gasteiger partial charge on any atom is -0.367 e. The first kappa shape index (κ1) is 20.7. The molecule has 0 spiro atoms. The van der Waals surface area contributed by atoms with Crippen molar-refractivity contribution in [3.05, 3.63) is 63.8 Å². The van der Waals surface area contributed by atoms with E-state index in [2.05, 4.69) is 10.1 Å². The summed E-state index contributed by atoms with van der Waals surface area (Å²) in [6.45, 7) is 4.08. The lowest BCUT2D eigenvalue weighted by atomic mass is 10.0. The van der Waals surface area contributed by atoms with Gasteiger partial charge >= 0.3 is 0 Å². The highest BCUT2D eigenvalue weighted by Crippen LogP contribution is 2.33. The van der Waals surface area contributed by atoms with Crippen LogP contribution in [0.3, 0.4) is 0 Å². The molecule has 0 aliphatic carbocycles. The predicted octanol–water partition coefficient (Wildman–Crippen LogP) is 3.50. The Morgan fingerprint density at radius 2 is 1.83 bits per heavy atom. The number of nitrogens with zero attached hydrogens (tertiary/aromatic N) is 3. The van der Waals surface area contributed by atoms with E-state index in [0.29, 0.717) is 64.5 Å². The third kappa shape index (κ3) is 3.89. The first-order valence-electron chi connectivity index (χ1n) is 9.52. The summed E-state index contributed by atoms with van der Waals surface area (Å²) >= 11 is 12.7. The number of carbonyl (C=O) groups is 1. The molecule has 1 aliphatic rings. The quantitative estimate of drug-likeness (QED) is 0.472. The molecule has 156 valence electrons. The van der Waals surface area contributed by atoms with Crippen LogP contribution in [0.2, 0.25) is 10.0 Å². The number of piperazine rings is 1. The lowest BCUT2D eigenvalue weighted by Gasteiger charge is -2.36. The minimum absolute atomic E-state index is 0.125. The molecule has 0 unspecified atom stereocenters. The van der Waals surface area contributed by atoms with Gasteiger partial charge in [-0.05, 0) is 19.1 Å². The van der Waals surface area contributed by atoms with Crippen LogP contribution in [0.25, 0.3) is 11.3 Å². The van der Waals surface area contributed by atoms with Gasteiger partial charge in [-0.2, -0.15) is 5.48 Å². The number of hydrogen-bond donors (Lipinski definition) is 2. The fraction of sp³-hybridized carbons (Fsp3) is 0.238. The Kier molecular flexibility index (Phi) is 5.97. The molecule has 1 fully saturated rings. The van der Waals surface area contributed by atoms with Crippen LogP contribution < -0.4 is 10.4 Å². The topological polar surface area (TPSA) is 86.4 Å². The first-order chi connectivity index (χ1) is 14.5. The van der Waals surface area contributed by atoms with E-state index in [9.17, 15) is 4.79 Å². The van der Waals surface area contributed by atoms with Crippen molar-refractivity contribution in [2.75, 3.05) is 31.1 Å². The minimum atomic E-state index is -0.125. The number of halogens is 2. The van der Waals surface area contributed by atoms with Crippen LogP contribution in [-0.4, -0.2) is 47.4 Å². The Labute approximate surface area is 183 Å². The van der Waals surface area contributed by atoms with E-state index in [4.69, 9.17) is 32.9 Å². The Hall–Kier alpha value is -2.58. The van der Waals surface area contributed by atoms with Gasteiger partial charge < -0.3 is 14.3 Å². The largest absolute Gasteiger partial charge is 0.367 e. The molecule has 3 N–H and O–H groups in total. The van der Waals surface area contributed by atoms with Crippen LogP contribution in [0.15, 0.2) is 47.0 Å². The number of carbonyl (C=O) groups excluding carboxylic acids is 1. The SMILES string of the molecule is Cc1onc(-c2ccccc2Cl)c1C(=O)N1CCN(c2ccc([NH2+]O)cc2Cl)CC1. The number of nitrogens with two attached hydrogens (primary N) is 1. The molecule has 2 heterocycles. The highest BCUT2D eigenvalue weighted by Gasteiger charge is 2.29. The standard InChI is InChI=1S/C21H20Cl2N4O3/c1-13-19(20(25-30-13)15-4-2-3-5-16(15)22)21(28)27-10-8-26(9-11-27)18-7-6-14(24-29)12-17(18)23/h2-7,12,24,29H,8-11H2,1H3/p+1. The molecule has 0 bridgehead atoms. The maximum atomic E-state index is 13.3. The summed E-state index contributed by atoms with van der Waals surface area (Å²) in [6, 6.07) is 12.7. The average molecular weight is 448 g/mol. The van der Waals surface area contributed by atoms with E-state index >= 15 is 0 Å². The highest BCUT2D eigenvalue weighted by molar-refractivity contribution is 6.33. The Morgan fingerprint density at radius 1 is 1.10 bits per heavy atom. The Bertz CT molecular complexity index is 1080. The maximum absolute atomic E-state index is 13.3. The monoisotopic (exact) mass is 447 g/mol. The van der Waals surface area contributed by atoms with Gasteiger partial charge in [0.1, 0.15) is 17.0 Å². The molecule has 1 amide bonds. The molecule has 1 aromatic heterocycles. The van der Waals surface area contributed by atoms with Gasteiger partial charge in [0.15, 0.2) is 5.69 Å². The highest BCUT2D eigenvalue weighted by atomic mass is 35.5. The van der Waals surface area contributed by atoms with Gasteiger partial charge in [0.2, 0.25) is 0 Å².